The number of anilines is 2. The lowest BCUT2D eigenvalue weighted by Crippen LogP contribution is -2.19. The molecule has 0 aliphatic carbocycles. The SMILES string of the molecule is CC(O)c1cc(NC(=O)Nc2ccc(C(F)(F)F)cc2)cc(Cl)c1O. The van der Waals surface area contributed by atoms with Gasteiger partial charge in [0.2, 0.25) is 0 Å². The lowest BCUT2D eigenvalue weighted by atomic mass is 10.1. The summed E-state index contributed by atoms with van der Waals surface area (Å²) in [5.74, 6) is -0.301. The number of phenolic OH excluding ortho intramolecular Hbond substituents is 1. The lowest BCUT2D eigenvalue weighted by molar-refractivity contribution is -0.137. The number of rotatable bonds is 3. The van der Waals surface area contributed by atoms with E-state index in [0.717, 1.165) is 24.3 Å². The summed E-state index contributed by atoms with van der Waals surface area (Å²) >= 11 is 5.83. The third-order valence-corrected chi connectivity index (χ3v) is 3.56. The number of benzene rings is 2. The number of aliphatic hydroxyl groups is 1. The standard InChI is InChI=1S/C16H14ClF3N2O3/c1-8(23)12-6-11(7-13(17)14(12)24)22-15(25)21-10-4-2-9(3-5-10)16(18,19)20/h2-8,23-24H,1H3,(H2,21,22,25). The van der Waals surface area contributed by atoms with Crippen LogP contribution in [-0.2, 0) is 6.18 Å². The van der Waals surface area contributed by atoms with Gasteiger partial charge in [-0.25, -0.2) is 4.79 Å². The normalized spacial score (nSPS) is 12.6. The number of halogens is 4. The Labute approximate surface area is 146 Å². The highest BCUT2D eigenvalue weighted by Gasteiger charge is 2.30. The van der Waals surface area contributed by atoms with E-state index in [-0.39, 0.29) is 27.7 Å². The summed E-state index contributed by atoms with van der Waals surface area (Å²) in [5.41, 5.74) is -0.350. The number of hydrogen-bond acceptors (Lipinski definition) is 3. The first-order chi connectivity index (χ1) is 11.6. The number of phenols is 1. The molecule has 0 aromatic heterocycles. The highest BCUT2D eigenvalue weighted by molar-refractivity contribution is 6.32. The van der Waals surface area contributed by atoms with Crippen molar-refractivity contribution in [3.8, 4) is 5.75 Å². The van der Waals surface area contributed by atoms with E-state index in [2.05, 4.69) is 10.6 Å². The highest BCUT2D eigenvalue weighted by atomic mass is 35.5. The van der Waals surface area contributed by atoms with Gasteiger partial charge in [0.05, 0.1) is 16.7 Å². The third kappa shape index (κ3) is 4.77. The summed E-state index contributed by atoms with van der Waals surface area (Å²) in [7, 11) is 0. The van der Waals surface area contributed by atoms with Crippen molar-refractivity contribution in [1.82, 2.24) is 0 Å². The Hall–Kier alpha value is -2.45. The Balaban J connectivity index is 2.10. The van der Waals surface area contributed by atoms with Crippen molar-refractivity contribution >= 4 is 29.0 Å². The molecule has 5 nitrogen and oxygen atoms in total. The van der Waals surface area contributed by atoms with E-state index in [1.807, 2.05) is 0 Å². The van der Waals surface area contributed by atoms with Gasteiger partial charge in [-0.3, -0.25) is 0 Å². The van der Waals surface area contributed by atoms with Crippen LogP contribution in [0, 0.1) is 0 Å². The van der Waals surface area contributed by atoms with Gasteiger partial charge >= 0.3 is 12.2 Å². The van der Waals surface area contributed by atoms with Crippen molar-refractivity contribution in [2.24, 2.45) is 0 Å². The quantitative estimate of drug-likeness (QED) is 0.584. The van der Waals surface area contributed by atoms with Gasteiger partial charge in [0.1, 0.15) is 5.75 Å². The molecular formula is C16H14ClF3N2O3. The van der Waals surface area contributed by atoms with Gasteiger partial charge in [-0.2, -0.15) is 13.2 Å². The third-order valence-electron chi connectivity index (χ3n) is 3.27. The molecule has 0 aliphatic heterocycles. The molecule has 2 aromatic rings. The van der Waals surface area contributed by atoms with Crippen molar-refractivity contribution in [2.45, 2.75) is 19.2 Å². The van der Waals surface area contributed by atoms with E-state index < -0.39 is 23.9 Å². The minimum absolute atomic E-state index is 0.0665. The zero-order valence-electron chi connectivity index (χ0n) is 12.9. The zero-order valence-corrected chi connectivity index (χ0v) is 13.6. The van der Waals surface area contributed by atoms with Gasteiger partial charge in [-0.05, 0) is 43.3 Å². The van der Waals surface area contributed by atoms with Crippen LogP contribution in [0.3, 0.4) is 0 Å². The Morgan fingerprint density at radius 3 is 2.20 bits per heavy atom. The molecule has 2 aromatic carbocycles. The number of carbonyl (C=O) groups is 1. The van der Waals surface area contributed by atoms with E-state index in [1.54, 1.807) is 0 Å². The molecule has 0 aliphatic rings. The number of urea groups is 1. The molecule has 0 heterocycles. The smallest absolute Gasteiger partial charge is 0.416 e. The maximum atomic E-state index is 12.5. The van der Waals surface area contributed by atoms with Crippen LogP contribution in [0.2, 0.25) is 5.02 Å². The van der Waals surface area contributed by atoms with Gasteiger partial charge in [0, 0.05) is 16.9 Å². The molecule has 134 valence electrons. The second-order valence-corrected chi connectivity index (χ2v) is 5.63. The molecule has 0 saturated heterocycles. The fourth-order valence-corrected chi connectivity index (χ4v) is 2.27. The second kappa shape index (κ2) is 7.20. The maximum Gasteiger partial charge on any atom is 0.416 e. The number of amides is 2. The summed E-state index contributed by atoms with van der Waals surface area (Å²) < 4.78 is 37.5. The average Bonchev–Trinajstić information content (AvgIpc) is 2.50. The van der Waals surface area contributed by atoms with Crippen LogP contribution in [0.5, 0.6) is 5.75 Å². The van der Waals surface area contributed by atoms with E-state index in [1.165, 1.54) is 19.1 Å². The van der Waals surface area contributed by atoms with Crippen LogP contribution in [0.25, 0.3) is 0 Å². The molecule has 0 radical (unpaired) electrons. The summed E-state index contributed by atoms with van der Waals surface area (Å²) in [4.78, 5) is 11.9. The molecule has 1 atom stereocenters. The van der Waals surface area contributed by atoms with Gasteiger partial charge in [-0.15, -0.1) is 0 Å². The maximum absolute atomic E-state index is 12.5. The number of carbonyl (C=O) groups excluding carboxylic acids is 1. The van der Waals surface area contributed by atoms with Crippen molar-refractivity contribution in [2.75, 3.05) is 10.6 Å². The number of aliphatic hydroxyl groups excluding tert-OH is 1. The van der Waals surface area contributed by atoms with Crippen LogP contribution < -0.4 is 10.6 Å². The van der Waals surface area contributed by atoms with E-state index in [9.17, 15) is 28.2 Å². The number of nitrogens with one attached hydrogen (secondary N) is 2. The Bertz CT molecular complexity index is 777. The fraction of sp³-hybridized carbons (Fsp3) is 0.188. The lowest BCUT2D eigenvalue weighted by Gasteiger charge is -2.13. The van der Waals surface area contributed by atoms with Gasteiger partial charge in [0.15, 0.2) is 0 Å². The van der Waals surface area contributed by atoms with Gasteiger partial charge in [-0.1, -0.05) is 11.6 Å². The fourth-order valence-electron chi connectivity index (χ4n) is 2.05. The van der Waals surface area contributed by atoms with Crippen molar-refractivity contribution in [1.29, 1.82) is 0 Å². The minimum atomic E-state index is -4.46. The number of aromatic hydroxyl groups is 1. The molecular weight excluding hydrogens is 361 g/mol. The van der Waals surface area contributed by atoms with Crippen LogP contribution in [0.4, 0.5) is 29.3 Å². The molecule has 1 unspecified atom stereocenters. The number of hydrogen-bond donors (Lipinski definition) is 4. The monoisotopic (exact) mass is 374 g/mol. The predicted molar refractivity (Wildman–Crippen MR) is 87.8 cm³/mol. The molecule has 25 heavy (non-hydrogen) atoms. The molecule has 4 N–H and O–H groups in total. The summed E-state index contributed by atoms with van der Waals surface area (Å²) in [6.07, 6.45) is -5.47. The molecule has 0 fully saturated rings. The van der Waals surface area contributed by atoms with Crippen LogP contribution in [0.1, 0.15) is 24.2 Å². The van der Waals surface area contributed by atoms with Gasteiger partial charge < -0.3 is 20.8 Å². The number of alkyl halides is 3. The molecule has 2 rings (SSSR count). The Kier molecular flexibility index (Phi) is 5.44. The predicted octanol–water partition coefficient (Wildman–Crippen LogP) is 4.76. The summed E-state index contributed by atoms with van der Waals surface area (Å²) in [6, 6.07) is 5.81. The van der Waals surface area contributed by atoms with E-state index in [4.69, 9.17) is 11.6 Å². The van der Waals surface area contributed by atoms with Crippen LogP contribution in [-0.4, -0.2) is 16.2 Å². The zero-order chi connectivity index (χ0) is 18.8. The first-order valence-corrected chi connectivity index (χ1v) is 7.41. The average molecular weight is 375 g/mol. The topological polar surface area (TPSA) is 81.6 Å². The Morgan fingerprint density at radius 2 is 1.68 bits per heavy atom. The molecule has 2 amide bonds. The van der Waals surface area contributed by atoms with Crippen molar-refractivity contribution < 1.29 is 28.2 Å². The van der Waals surface area contributed by atoms with E-state index >= 15 is 0 Å². The first kappa shape index (κ1) is 18.9. The van der Waals surface area contributed by atoms with E-state index in [0.29, 0.717) is 0 Å². The van der Waals surface area contributed by atoms with Crippen LogP contribution in [0.15, 0.2) is 36.4 Å². The highest BCUT2D eigenvalue weighted by Crippen LogP contribution is 2.35. The second-order valence-electron chi connectivity index (χ2n) is 5.23. The molecule has 9 heteroatoms. The Morgan fingerprint density at radius 1 is 1.12 bits per heavy atom. The molecule has 0 spiro atoms. The largest absolute Gasteiger partial charge is 0.506 e. The summed E-state index contributed by atoms with van der Waals surface area (Å²) in [5, 5.41) is 24.0. The van der Waals surface area contributed by atoms with Gasteiger partial charge in [0.25, 0.3) is 0 Å². The first-order valence-electron chi connectivity index (χ1n) is 7.03. The summed E-state index contributed by atoms with van der Waals surface area (Å²) in [6.45, 7) is 1.41. The molecule has 0 bridgehead atoms. The van der Waals surface area contributed by atoms with Crippen LogP contribution >= 0.6 is 11.6 Å². The molecule has 0 saturated carbocycles. The van der Waals surface area contributed by atoms with Crippen molar-refractivity contribution in [3.63, 3.8) is 0 Å². The minimum Gasteiger partial charge on any atom is -0.506 e. The van der Waals surface area contributed by atoms with Crippen molar-refractivity contribution in [3.05, 3.63) is 52.5 Å².